The molecule has 1 aromatic carbocycles. The van der Waals surface area contributed by atoms with Crippen molar-refractivity contribution < 1.29 is 22.8 Å². The molecule has 0 bridgehead atoms. The lowest BCUT2D eigenvalue weighted by Gasteiger charge is -2.23. The number of aromatic nitrogens is 2. The first-order chi connectivity index (χ1) is 17.2. The van der Waals surface area contributed by atoms with E-state index in [1.165, 1.54) is 24.7 Å². The number of nitrogens with zero attached hydrogens (tertiary/aromatic N) is 3. The Hall–Kier alpha value is -3.90. The Balaban J connectivity index is 1.72. The number of ether oxygens (including phenoxy) is 1. The molecule has 0 radical (unpaired) electrons. The highest BCUT2D eigenvalue weighted by Crippen LogP contribution is 2.43. The highest BCUT2D eigenvalue weighted by molar-refractivity contribution is 7.92. The summed E-state index contributed by atoms with van der Waals surface area (Å²) in [5.74, 6) is 1.46. The Morgan fingerprint density at radius 1 is 1.00 bits per heavy atom. The van der Waals surface area contributed by atoms with E-state index in [1.54, 1.807) is 31.5 Å². The fraction of sp³-hybridized carbons (Fsp3) is 0.292. The van der Waals surface area contributed by atoms with E-state index in [0.29, 0.717) is 40.4 Å². The zero-order chi connectivity index (χ0) is 25.9. The number of hydroxylamine groups is 1. The molecule has 1 aliphatic carbocycles. The summed E-state index contributed by atoms with van der Waals surface area (Å²) in [6, 6.07) is 10.8. The summed E-state index contributed by atoms with van der Waals surface area (Å²) in [6.45, 7) is 0. The number of methoxy groups -OCH3 is 1. The first-order valence-corrected chi connectivity index (χ1v) is 13.0. The first kappa shape index (κ1) is 25.2. The van der Waals surface area contributed by atoms with E-state index in [-0.39, 0.29) is 5.56 Å². The van der Waals surface area contributed by atoms with Gasteiger partial charge in [-0.15, -0.1) is 0 Å². The number of pyridine rings is 2. The van der Waals surface area contributed by atoms with Crippen LogP contribution in [0.25, 0.3) is 0 Å². The second-order valence-electron chi connectivity index (χ2n) is 8.37. The predicted molar refractivity (Wildman–Crippen MR) is 138 cm³/mol. The molecule has 11 nitrogen and oxygen atoms in total. The average Bonchev–Trinajstić information content (AvgIpc) is 3.70. The molecule has 1 fully saturated rings. The van der Waals surface area contributed by atoms with Crippen LogP contribution < -0.4 is 25.2 Å². The average molecular weight is 513 g/mol. The Labute approximate surface area is 209 Å². The van der Waals surface area contributed by atoms with Gasteiger partial charge in [-0.3, -0.25) is 13.9 Å². The molecule has 0 unspecified atom stereocenters. The van der Waals surface area contributed by atoms with Gasteiger partial charge in [0.25, 0.3) is 5.91 Å². The molecule has 1 amide bonds. The molecule has 1 aliphatic rings. The number of benzene rings is 1. The Morgan fingerprint density at radius 3 is 2.36 bits per heavy atom. The highest BCUT2D eigenvalue weighted by atomic mass is 32.2. The second-order valence-corrected chi connectivity index (χ2v) is 10.4. The van der Waals surface area contributed by atoms with Crippen LogP contribution in [0.1, 0.15) is 34.7 Å². The summed E-state index contributed by atoms with van der Waals surface area (Å²) in [7, 11) is 0.857. The van der Waals surface area contributed by atoms with Crippen LogP contribution in [0.15, 0.2) is 48.8 Å². The van der Waals surface area contributed by atoms with Gasteiger partial charge in [-0.1, -0.05) is 6.07 Å². The van der Waals surface area contributed by atoms with Crippen molar-refractivity contribution >= 4 is 44.6 Å². The summed E-state index contributed by atoms with van der Waals surface area (Å²) >= 11 is 0. The van der Waals surface area contributed by atoms with E-state index in [4.69, 9.17) is 9.57 Å². The van der Waals surface area contributed by atoms with Crippen LogP contribution in [0.5, 0.6) is 5.75 Å². The van der Waals surface area contributed by atoms with Gasteiger partial charge < -0.3 is 15.4 Å². The van der Waals surface area contributed by atoms with Gasteiger partial charge in [-0.05, 0) is 48.6 Å². The van der Waals surface area contributed by atoms with E-state index < -0.39 is 15.9 Å². The van der Waals surface area contributed by atoms with Crippen molar-refractivity contribution in [2.24, 2.45) is 0 Å². The van der Waals surface area contributed by atoms with Crippen molar-refractivity contribution in [3.05, 3.63) is 59.9 Å². The van der Waals surface area contributed by atoms with Crippen molar-refractivity contribution in [2.75, 3.05) is 42.5 Å². The molecular formula is C24H28N6O5S. The highest BCUT2D eigenvalue weighted by Gasteiger charge is 2.26. The second kappa shape index (κ2) is 10.4. The van der Waals surface area contributed by atoms with Gasteiger partial charge in [-0.25, -0.2) is 23.9 Å². The van der Waals surface area contributed by atoms with Crippen LogP contribution in [-0.2, 0) is 14.9 Å². The Morgan fingerprint density at radius 2 is 1.75 bits per heavy atom. The van der Waals surface area contributed by atoms with E-state index in [1.807, 2.05) is 18.2 Å². The molecule has 2 aromatic heterocycles. The third-order valence-corrected chi connectivity index (χ3v) is 6.94. The molecular weight excluding hydrogens is 484 g/mol. The van der Waals surface area contributed by atoms with Gasteiger partial charge in [0.05, 0.1) is 49.3 Å². The lowest BCUT2D eigenvalue weighted by Crippen LogP contribution is -2.26. The van der Waals surface area contributed by atoms with Crippen molar-refractivity contribution in [3.63, 3.8) is 0 Å². The molecule has 3 N–H and O–H groups in total. The Kier molecular flexibility index (Phi) is 7.27. The number of anilines is 5. The van der Waals surface area contributed by atoms with Gasteiger partial charge >= 0.3 is 0 Å². The summed E-state index contributed by atoms with van der Waals surface area (Å²) in [6.07, 6.45) is 6.26. The van der Waals surface area contributed by atoms with Gasteiger partial charge in [0.2, 0.25) is 10.0 Å². The van der Waals surface area contributed by atoms with Gasteiger partial charge in [0, 0.05) is 19.3 Å². The van der Waals surface area contributed by atoms with E-state index in [9.17, 15) is 13.2 Å². The van der Waals surface area contributed by atoms with Gasteiger partial charge in [0.1, 0.15) is 17.4 Å². The molecule has 12 heteroatoms. The normalized spacial score (nSPS) is 13.1. The monoisotopic (exact) mass is 512 g/mol. The molecule has 36 heavy (non-hydrogen) atoms. The smallest absolute Gasteiger partial charge is 0.278 e. The van der Waals surface area contributed by atoms with Crippen LogP contribution in [0, 0.1) is 0 Å². The fourth-order valence-electron chi connectivity index (χ4n) is 3.57. The fourth-order valence-corrected chi connectivity index (χ4v) is 4.08. The SMILES string of the molecule is CONC(=O)c1cnc(Nc2ccc(OC)cn2)cc1Nc1ccc(C2CC2)cc1N(C)S(C)(=O)=O. The van der Waals surface area contributed by atoms with E-state index in [2.05, 4.69) is 26.1 Å². The number of amides is 1. The van der Waals surface area contributed by atoms with Crippen LogP contribution >= 0.6 is 0 Å². The third-order valence-electron chi connectivity index (χ3n) is 5.75. The maximum Gasteiger partial charge on any atom is 0.278 e. The number of nitrogens with one attached hydrogen (secondary N) is 3. The third kappa shape index (κ3) is 5.83. The largest absolute Gasteiger partial charge is 0.495 e. The van der Waals surface area contributed by atoms with Crippen LogP contribution in [0.3, 0.4) is 0 Å². The minimum Gasteiger partial charge on any atom is -0.495 e. The number of rotatable bonds is 10. The van der Waals surface area contributed by atoms with E-state index in [0.717, 1.165) is 24.7 Å². The molecule has 2 heterocycles. The van der Waals surface area contributed by atoms with Crippen molar-refractivity contribution in [3.8, 4) is 5.75 Å². The molecule has 0 saturated heterocycles. The number of carbonyl (C=O) groups excluding carboxylic acids is 1. The van der Waals surface area contributed by atoms with Gasteiger partial charge in [0.15, 0.2) is 0 Å². The minimum atomic E-state index is -3.53. The summed E-state index contributed by atoms with van der Waals surface area (Å²) < 4.78 is 31.1. The zero-order valence-electron chi connectivity index (χ0n) is 20.4. The summed E-state index contributed by atoms with van der Waals surface area (Å²) in [5.41, 5.74) is 4.94. The van der Waals surface area contributed by atoms with Crippen molar-refractivity contribution in [1.82, 2.24) is 15.4 Å². The zero-order valence-corrected chi connectivity index (χ0v) is 21.2. The van der Waals surface area contributed by atoms with Crippen molar-refractivity contribution in [1.29, 1.82) is 0 Å². The molecule has 0 atom stereocenters. The number of hydrogen-bond acceptors (Lipinski definition) is 9. The van der Waals surface area contributed by atoms with Crippen LogP contribution in [0.4, 0.5) is 28.7 Å². The standard InChI is InChI=1S/C24H28N6O5S/c1-30(36(4,32)33)21-11-16(15-5-6-15)7-9-19(21)27-20-12-23(26-14-18(20)24(31)29-35-3)28-22-10-8-17(34-2)13-25-22/h7-15H,5-6H2,1-4H3,(H,29,31)(H2,25,26,27,28). The number of sulfonamides is 1. The minimum absolute atomic E-state index is 0.198. The molecule has 0 spiro atoms. The van der Waals surface area contributed by atoms with Gasteiger partial charge in [-0.2, -0.15) is 0 Å². The molecule has 1 saturated carbocycles. The topological polar surface area (TPSA) is 135 Å². The molecule has 4 rings (SSSR count). The van der Waals surface area contributed by atoms with Crippen molar-refractivity contribution in [2.45, 2.75) is 18.8 Å². The maximum absolute atomic E-state index is 12.7. The number of carbonyl (C=O) groups is 1. The molecule has 0 aliphatic heterocycles. The maximum atomic E-state index is 12.7. The first-order valence-electron chi connectivity index (χ1n) is 11.1. The number of hydrogen-bond donors (Lipinski definition) is 3. The summed E-state index contributed by atoms with van der Waals surface area (Å²) in [5, 5.41) is 6.31. The van der Waals surface area contributed by atoms with E-state index >= 15 is 0 Å². The predicted octanol–water partition coefficient (Wildman–Crippen LogP) is 3.54. The summed E-state index contributed by atoms with van der Waals surface area (Å²) in [4.78, 5) is 26.0. The Bertz CT molecular complexity index is 1360. The molecule has 3 aromatic rings. The van der Waals surface area contributed by atoms with Crippen LogP contribution in [0.2, 0.25) is 0 Å². The quantitative estimate of drug-likeness (QED) is 0.349. The lowest BCUT2D eigenvalue weighted by atomic mass is 10.1. The van der Waals surface area contributed by atoms with Crippen LogP contribution in [-0.4, -0.2) is 51.8 Å². The lowest BCUT2D eigenvalue weighted by molar-refractivity contribution is 0.0538. The molecule has 190 valence electrons.